The van der Waals surface area contributed by atoms with Gasteiger partial charge in [-0.15, -0.1) is 0 Å². The molecule has 0 radical (unpaired) electrons. The van der Waals surface area contributed by atoms with Crippen molar-refractivity contribution in [2.75, 3.05) is 26.4 Å². The Kier molecular flexibility index (Phi) is 35.8. The third kappa shape index (κ3) is 24.2. The van der Waals surface area contributed by atoms with E-state index in [0.717, 1.165) is 51.9 Å². The minimum absolute atomic E-state index is 0.204. The second-order valence-electron chi connectivity index (χ2n) is 22.2. The molecule has 14 N–H and O–H groups in total. The van der Waals surface area contributed by atoms with Crippen LogP contribution in [0.2, 0.25) is 0 Å². The van der Waals surface area contributed by atoms with Gasteiger partial charge < -0.3 is 100 Å². The van der Waals surface area contributed by atoms with Gasteiger partial charge in [0.25, 0.3) is 5.79 Å². The molecule has 3 rings (SSSR count). The van der Waals surface area contributed by atoms with E-state index in [1.54, 1.807) is 6.08 Å². The summed E-state index contributed by atoms with van der Waals surface area (Å²) in [5, 5.41) is 135. The van der Waals surface area contributed by atoms with Gasteiger partial charge in [-0.3, -0.25) is 9.59 Å². The number of nitrogens with one attached hydrogen (secondary N) is 2. The zero-order valence-electron chi connectivity index (χ0n) is 47.9. The molecule has 3 saturated heterocycles. The number of hydrogen-bond donors (Lipinski definition) is 14. The van der Waals surface area contributed by atoms with E-state index in [2.05, 4.69) is 24.5 Å². The summed E-state index contributed by atoms with van der Waals surface area (Å²) in [6, 6.07) is -2.61. The lowest BCUT2D eigenvalue weighted by molar-refractivity contribution is -0.386. The number of aliphatic hydroxyl groups is 11. The van der Waals surface area contributed by atoms with Crippen molar-refractivity contribution in [1.82, 2.24) is 10.6 Å². The molecular weight excluding hydrogens is 1050 g/mol. The first-order valence-electron chi connectivity index (χ1n) is 30.1. The Bertz CT molecular complexity index is 1700. The molecule has 468 valence electrons. The van der Waals surface area contributed by atoms with Crippen molar-refractivity contribution >= 4 is 17.8 Å². The van der Waals surface area contributed by atoms with Crippen LogP contribution in [-0.2, 0) is 42.8 Å². The van der Waals surface area contributed by atoms with Crippen molar-refractivity contribution in [1.29, 1.82) is 0 Å². The van der Waals surface area contributed by atoms with E-state index in [1.165, 1.54) is 103 Å². The average Bonchev–Trinajstić information content (AvgIpc) is 3.47. The number of carboxylic acids is 1. The summed E-state index contributed by atoms with van der Waals surface area (Å²) in [6.45, 7) is 2.08. The fraction of sp³-hybridized carbons (Fsp3) is 0.912. The predicted molar refractivity (Wildman–Crippen MR) is 292 cm³/mol. The summed E-state index contributed by atoms with van der Waals surface area (Å²) in [5.74, 6) is -6.14. The third-order valence-electron chi connectivity index (χ3n) is 15.5. The topological polar surface area (TPSA) is 373 Å². The molecule has 0 aliphatic carbocycles. The number of aliphatic carboxylic acids is 1. The van der Waals surface area contributed by atoms with Gasteiger partial charge in [0.15, 0.2) is 12.6 Å². The van der Waals surface area contributed by atoms with Crippen molar-refractivity contribution in [3.05, 3.63) is 12.2 Å². The molecule has 80 heavy (non-hydrogen) atoms. The van der Waals surface area contributed by atoms with Crippen LogP contribution in [0.4, 0.5) is 0 Å². The van der Waals surface area contributed by atoms with Gasteiger partial charge in [0.1, 0.15) is 67.1 Å². The lowest BCUT2D eigenvalue weighted by Crippen LogP contribution is -2.70. The van der Waals surface area contributed by atoms with E-state index >= 15 is 0 Å². The second-order valence-corrected chi connectivity index (χ2v) is 22.2. The molecule has 23 heteroatoms. The van der Waals surface area contributed by atoms with Gasteiger partial charge in [-0.1, -0.05) is 167 Å². The molecule has 0 unspecified atom stereocenters. The molecule has 3 aliphatic rings. The molecule has 18 atom stereocenters. The minimum atomic E-state index is -3.08. The van der Waals surface area contributed by atoms with E-state index in [4.69, 9.17) is 28.4 Å². The number of rotatable bonds is 43. The van der Waals surface area contributed by atoms with Crippen LogP contribution in [0.1, 0.15) is 194 Å². The highest BCUT2D eigenvalue weighted by atomic mass is 16.8. The normalized spacial score (nSPS) is 30.7. The number of carbonyl (C=O) groups is 3. The van der Waals surface area contributed by atoms with Crippen LogP contribution in [0.15, 0.2) is 12.2 Å². The summed E-state index contributed by atoms with van der Waals surface area (Å²) in [5.41, 5.74) is 0. The largest absolute Gasteiger partial charge is 0.477 e. The highest BCUT2D eigenvalue weighted by Crippen LogP contribution is 2.38. The quantitative estimate of drug-likeness (QED) is 0.0308. The SMILES string of the molecule is CCCCCCCCCCCCC/C=C/[C@@H](O)[C@H](CO[C@@H]1O[C@H](CO)[C@@H](O[C@@H]2O[C@H](CO)[C@H](O)[C@H](O[C@]3(C(=O)O)C[C@H](O)[C@@H](NC(C)=O)[C@H]([C@H](O)[C@H](O)CO)O3)[C@H]2O)[C@H](O)[C@H]1O)NC(=O)CCCCCCCCCCCCCCC. The Balaban J connectivity index is 1.69. The Morgan fingerprint density at radius 1 is 0.650 bits per heavy atom. The molecule has 0 aromatic carbocycles. The number of unbranched alkanes of at least 4 members (excludes halogenated alkanes) is 23. The summed E-state index contributed by atoms with van der Waals surface area (Å²) in [7, 11) is 0. The summed E-state index contributed by atoms with van der Waals surface area (Å²) in [6.07, 6.45) is 2.84. The molecule has 3 aliphatic heterocycles. The maximum Gasteiger partial charge on any atom is 0.364 e. The maximum absolute atomic E-state index is 13.3. The number of ether oxygens (including phenoxy) is 6. The van der Waals surface area contributed by atoms with Crippen molar-refractivity contribution in [2.24, 2.45) is 0 Å². The average molecular weight is 1150 g/mol. The Hall–Kier alpha value is -2.53. The van der Waals surface area contributed by atoms with Gasteiger partial charge in [-0.2, -0.15) is 0 Å². The zero-order chi connectivity index (χ0) is 59.0. The van der Waals surface area contributed by atoms with Crippen LogP contribution in [0.3, 0.4) is 0 Å². The third-order valence-corrected chi connectivity index (χ3v) is 15.5. The maximum atomic E-state index is 13.3. The number of aliphatic hydroxyl groups excluding tert-OH is 11. The highest BCUT2D eigenvalue weighted by molar-refractivity contribution is 5.77. The van der Waals surface area contributed by atoms with Crippen LogP contribution in [-0.4, -0.2) is 215 Å². The first kappa shape index (κ1) is 71.7. The number of hydrogen-bond acceptors (Lipinski definition) is 20. The van der Waals surface area contributed by atoms with Gasteiger partial charge in [-0.25, -0.2) is 4.79 Å². The van der Waals surface area contributed by atoms with Crippen LogP contribution >= 0.6 is 0 Å². The first-order valence-corrected chi connectivity index (χ1v) is 30.1. The van der Waals surface area contributed by atoms with Crippen LogP contribution in [0, 0.1) is 0 Å². The van der Waals surface area contributed by atoms with Crippen molar-refractivity contribution < 1.29 is 104 Å². The summed E-state index contributed by atoms with van der Waals surface area (Å²) in [4.78, 5) is 38.3. The number of carboxylic acid groups (broad SMARTS) is 1. The Morgan fingerprint density at radius 2 is 1.16 bits per heavy atom. The molecule has 0 spiro atoms. The molecule has 0 bridgehead atoms. The number of carbonyl (C=O) groups excluding carboxylic acids is 2. The van der Waals surface area contributed by atoms with E-state index in [9.17, 15) is 75.7 Å². The molecule has 3 fully saturated rings. The van der Waals surface area contributed by atoms with Crippen molar-refractivity contribution in [3.8, 4) is 0 Å². The smallest absolute Gasteiger partial charge is 0.364 e. The predicted octanol–water partition coefficient (Wildman–Crippen LogP) is 2.39. The molecule has 2 amide bonds. The van der Waals surface area contributed by atoms with Gasteiger partial charge in [0.05, 0.1) is 50.7 Å². The summed E-state index contributed by atoms with van der Waals surface area (Å²) < 4.78 is 34.6. The second kappa shape index (κ2) is 39.9. The molecule has 23 nitrogen and oxygen atoms in total. The van der Waals surface area contributed by atoms with Gasteiger partial charge in [0.2, 0.25) is 11.8 Å². The monoisotopic (exact) mass is 1150 g/mol. The summed E-state index contributed by atoms with van der Waals surface area (Å²) >= 11 is 0. The minimum Gasteiger partial charge on any atom is -0.477 e. The van der Waals surface area contributed by atoms with Crippen molar-refractivity contribution in [3.63, 3.8) is 0 Å². The van der Waals surface area contributed by atoms with E-state index < -0.39 is 155 Å². The molecule has 0 aromatic rings. The zero-order valence-corrected chi connectivity index (χ0v) is 47.9. The standard InChI is InChI=1S/C57H104N2O21/c1-4-6-8-10-12-14-16-18-20-22-24-26-28-30-39(64)38(59-44(67)31-29-27-25-23-21-19-17-15-13-11-9-7-5-2)36-75-54-49(71)48(70)51(43(35-62)77-54)78-55-50(72)53(47(69)42(34-61)76-55)80-57(56(73)74)32-40(65)45(58-37(3)63)52(79-57)46(68)41(66)33-60/h28,30,38-43,45-55,60-62,64-66,68-72H,4-27,29,31-36H2,1-3H3,(H,58,63)(H,59,67)(H,73,74)/b30-28+/t38-,39+,40-,41+,42+,43+,45+,46+,47-,48+,49+,50+,51+,52+,53-,54+,55-,57-/m0/s1. The van der Waals surface area contributed by atoms with Crippen LogP contribution in [0.5, 0.6) is 0 Å². The highest BCUT2D eigenvalue weighted by Gasteiger charge is 2.60. The fourth-order valence-corrected chi connectivity index (χ4v) is 10.6. The number of amides is 2. The molecule has 0 aromatic heterocycles. The van der Waals surface area contributed by atoms with Crippen molar-refractivity contribution in [2.45, 2.75) is 304 Å². The van der Waals surface area contributed by atoms with Crippen LogP contribution in [0.25, 0.3) is 0 Å². The number of allylic oxidation sites excluding steroid dienone is 1. The Labute approximate surface area is 473 Å². The fourth-order valence-electron chi connectivity index (χ4n) is 10.6. The van der Waals surface area contributed by atoms with E-state index in [1.807, 2.05) is 6.08 Å². The van der Waals surface area contributed by atoms with Gasteiger partial charge in [-0.05, 0) is 19.3 Å². The van der Waals surface area contributed by atoms with E-state index in [0.29, 0.717) is 12.8 Å². The lowest BCUT2D eigenvalue weighted by atomic mass is 9.88. The molecular formula is C57H104N2O21. The first-order chi connectivity index (χ1) is 38.4. The van der Waals surface area contributed by atoms with Gasteiger partial charge >= 0.3 is 5.97 Å². The Morgan fingerprint density at radius 3 is 1.66 bits per heavy atom. The van der Waals surface area contributed by atoms with E-state index in [-0.39, 0.29) is 12.3 Å². The lowest BCUT2D eigenvalue weighted by Gasteiger charge is -2.50. The molecule has 0 saturated carbocycles. The van der Waals surface area contributed by atoms with Crippen LogP contribution < -0.4 is 10.6 Å². The van der Waals surface area contributed by atoms with Gasteiger partial charge in [0, 0.05) is 19.8 Å². The molecule has 3 heterocycles.